The van der Waals surface area contributed by atoms with Gasteiger partial charge in [0, 0.05) is 17.0 Å². The molecule has 1 aromatic carbocycles. The average Bonchev–Trinajstić information content (AvgIpc) is 2.25. The van der Waals surface area contributed by atoms with Gasteiger partial charge >= 0.3 is 5.63 Å². The second-order valence-electron chi connectivity index (χ2n) is 5.33. The van der Waals surface area contributed by atoms with Crippen molar-refractivity contribution in [3.63, 3.8) is 0 Å². The third-order valence-corrected chi connectivity index (χ3v) is 2.43. The molecule has 0 aliphatic heterocycles. The molecule has 2 aromatic rings. The van der Waals surface area contributed by atoms with Crippen molar-refractivity contribution in [1.82, 2.24) is 5.32 Å². The lowest BCUT2D eigenvalue weighted by atomic mass is 10.1. The Kier molecular flexibility index (Phi) is 3.14. The molecule has 4 nitrogen and oxygen atoms in total. The van der Waals surface area contributed by atoms with Gasteiger partial charge in [-0.1, -0.05) is 0 Å². The summed E-state index contributed by atoms with van der Waals surface area (Å²) in [6, 6.07) is 5.22. The van der Waals surface area contributed by atoms with Crippen LogP contribution in [0.3, 0.4) is 0 Å². The number of nitrogens with one attached hydrogen (secondary N) is 1. The van der Waals surface area contributed by atoms with Gasteiger partial charge in [-0.25, -0.2) is 9.18 Å². The number of carbonyl (C=O) groups is 1. The average molecular weight is 263 g/mol. The maximum Gasteiger partial charge on any atom is 0.349 e. The van der Waals surface area contributed by atoms with Gasteiger partial charge < -0.3 is 9.73 Å². The molecule has 0 spiro atoms. The minimum atomic E-state index is -0.778. The van der Waals surface area contributed by atoms with E-state index < -0.39 is 22.9 Å². The van der Waals surface area contributed by atoms with Gasteiger partial charge in [0.15, 0.2) is 0 Å². The van der Waals surface area contributed by atoms with Crippen molar-refractivity contribution in [1.29, 1.82) is 0 Å². The van der Waals surface area contributed by atoms with Crippen molar-refractivity contribution in [3.05, 3.63) is 46.1 Å². The molecule has 0 radical (unpaired) electrons. The van der Waals surface area contributed by atoms with Crippen molar-refractivity contribution in [2.75, 3.05) is 0 Å². The number of rotatable bonds is 1. The number of halogens is 1. The number of carbonyl (C=O) groups excluding carboxylic acids is 1. The topological polar surface area (TPSA) is 59.3 Å². The van der Waals surface area contributed by atoms with E-state index in [0.29, 0.717) is 5.39 Å². The molecule has 0 saturated heterocycles. The predicted molar refractivity (Wildman–Crippen MR) is 69.7 cm³/mol. The first-order valence-electron chi connectivity index (χ1n) is 5.82. The minimum absolute atomic E-state index is 0.0889. The zero-order valence-electron chi connectivity index (χ0n) is 10.9. The molecule has 1 N–H and O–H groups in total. The number of fused-ring (bicyclic) bond motifs is 1. The molecule has 100 valence electrons. The first kappa shape index (κ1) is 13.3. The zero-order valence-corrected chi connectivity index (χ0v) is 10.9. The Labute approximate surface area is 109 Å². The fraction of sp³-hybridized carbons (Fsp3) is 0.286. The Morgan fingerprint density at radius 2 is 1.95 bits per heavy atom. The molecule has 0 unspecified atom stereocenters. The van der Waals surface area contributed by atoms with Crippen LogP contribution in [0.2, 0.25) is 0 Å². The SMILES string of the molecule is CC(C)(C)NC(=O)c1cc2ccc(F)cc2oc1=O. The molecule has 5 heteroatoms. The zero-order chi connectivity index (χ0) is 14.2. The van der Waals surface area contributed by atoms with E-state index in [9.17, 15) is 14.0 Å². The fourth-order valence-electron chi connectivity index (χ4n) is 1.65. The van der Waals surface area contributed by atoms with Gasteiger partial charge in [-0.05, 0) is 39.0 Å². The van der Waals surface area contributed by atoms with Crippen LogP contribution in [-0.4, -0.2) is 11.4 Å². The highest BCUT2D eigenvalue weighted by molar-refractivity contribution is 5.96. The highest BCUT2D eigenvalue weighted by atomic mass is 19.1. The maximum absolute atomic E-state index is 13.0. The molecule has 1 aromatic heterocycles. The monoisotopic (exact) mass is 263 g/mol. The van der Waals surface area contributed by atoms with Crippen LogP contribution >= 0.6 is 0 Å². The van der Waals surface area contributed by atoms with Crippen molar-refractivity contribution in [2.24, 2.45) is 0 Å². The standard InChI is InChI=1S/C14H14FNO3/c1-14(2,3)16-12(17)10-6-8-4-5-9(15)7-11(8)19-13(10)18/h4-7H,1-3H3,(H,16,17). The molecule has 0 atom stereocenters. The molecule has 2 rings (SSSR count). The molecular weight excluding hydrogens is 249 g/mol. The maximum atomic E-state index is 13.0. The molecule has 0 aliphatic rings. The van der Waals surface area contributed by atoms with E-state index in [2.05, 4.69) is 5.32 Å². The van der Waals surface area contributed by atoms with Gasteiger partial charge in [0.05, 0.1) is 0 Å². The first-order chi connectivity index (χ1) is 8.76. The largest absolute Gasteiger partial charge is 0.422 e. The van der Waals surface area contributed by atoms with E-state index in [0.717, 1.165) is 6.07 Å². The third-order valence-electron chi connectivity index (χ3n) is 2.43. The summed E-state index contributed by atoms with van der Waals surface area (Å²) in [6.45, 7) is 5.43. The number of amides is 1. The van der Waals surface area contributed by atoms with Crippen molar-refractivity contribution in [2.45, 2.75) is 26.3 Å². The number of hydrogen-bond donors (Lipinski definition) is 1. The van der Waals surface area contributed by atoms with Crippen molar-refractivity contribution < 1.29 is 13.6 Å². The highest BCUT2D eigenvalue weighted by Crippen LogP contribution is 2.15. The Hall–Kier alpha value is -2.17. The van der Waals surface area contributed by atoms with E-state index in [4.69, 9.17) is 4.42 Å². The van der Waals surface area contributed by atoms with E-state index in [-0.39, 0.29) is 11.1 Å². The first-order valence-corrected chi connectivity index (χ1v) is 5.82. The van der Waals surface area contributed by atoms with Gasteiger partial charge in [-0.3, -0.25) is 4.79 Å². The van der Waals surface area contributed by atoms with E-state index in [1.165, 1.54) is 18.2 Å². The summed E-state index contributed by atoms with van der Waals surface area (Å²) in [4.78, 5) is 23.7. The Bertz CT molecular complexity index is 698. The second-order valence-corrected chi connectivity index (χ2v) is 5.33. The quantitative estimate of drug-likeness (QED) is 0.804. The van der Waals surface area contributed by atoms with Gasteiger partial charge in [-0.2, -0.15) is 0 Å². The molecule has 0 saturated carbocycles. The van der Waals surface area contributed by atoms with Crippen molar-refractivity contribution in [3.8, 4) is 0 Å². The van der Waals surface area contributed by atoms with Crippen LogP contribution in [0.4, 0.5) is 4.39 Å². The second kappa shape index (κ2) is 4.50. The molecule has 1 heterocycles. The minimum Gasteiger partial charge on any atom is -0.422 e. The van der Waals surface area contributed by atoms with Crippen LogP contribution in [0.15, 0.2) is 33.5 Å². The molecule has 19 heavy (non-hydrogen) atoms. The molecule has 0 aliphatic carbocycles. The summed E-state index contributed by atoms with van der Waals surface area (Å²) in [7, 11) is 0. The fourth-order valence-corrected chi connectivity index (χ4v) is 1.65. The lowest BCUT2D eigenvalue weighted by molar-refractivity contribution is 0.0916. The van der Waals surface area contributed by atoms with Crippen LogP contribution in [0.25, 0.3) is 11.0 Å². The number of benzene rings is 1. The number of hydrogen-bond acceptors (Lipinski definition) is 3. The highest BCUT2D eigenvalue weighted by Gasteiger charge is 2.19. The van der Waals surface area contributed by atoms with Crippen LogP contribution < -0.4 is 10.9 Å². The van der Waals surface area contributed by atoms with Crippen LogP contribution in [-0.2, 0) is 0 Å². The summed E-state index contributed by atoms with van der Waals surface area (Å²) in [5, 5.41) is 3.18. The lowest BCUT2D eigenvalue weighted by Gasteiger charge is -2.20. The summed E-state index contributed by atoms with van der Waals surface area (Å²) in [5.41, 5.74) is -1.20. The summed E-state index contributed by atoms with van der Waals surface area (Å²) >= 11 is 0. The van der Waals surface area contributed by atoms with E-state index in [1.54, 1.807) is 0 Å². The molecule has 0 fully saturated rings. The van der Waals surface area contributed by atoms with Gasteiger partial charge in [0.1, 0.15) is 17.0 Å². The van der Waals surface area contributed by atoms with Crippen molar-refractivity contribution >= 4 is 16.9 Å². The van der Waals surface area contributed by atoms with Crippen LogP contribution in [0.5, 0.6) is 0 Å². The predicted octanol–water partition coefficient (Wildman–Crippen LogP) is 2.46. The normalized spacial score (nSPS) is 11.6. The van der Waals surface area contributed by atoms with Crippen LogP contribution in [0, 0.1) is 5.82 Å². The van der Waals surface area contributed by atoms with E-state index >= 15 is 0 Å². The van der Waals surface area contributed by atoms with E-state index in [1.807, 2.05) is 20.8 Å². The van der Waals surface area contributed by atoms with Gasteiger partial charge in [0.25, 0.3) is 5.91 Å². The summed E-state index contributed by atoms with van der Waals surface area (Å²) in [5.74, 6) is -1.00. The molecule has 1 amide bonds. The summed E-state index contributed by atoms with van der Waals surface area (Å²) < 4.78 is 18.0. The Morgan fingerprint density at radius 1 is 1.26 bits per heavy atom. The van der Waals surface area contributed by atoms with Gasteiger partial charge in [-0.15, -0.1) is 0 Å². The molecule has 0 bridgehead atoms. The molecular formula is C14H14FNO3. The Morgan fingerprint density at radius 3 is 2.58 bits per heavy atom. The third kappa shape index (κ3) is 2.99. The van der Waals surface area contributed by atoms with Gasteiger partial charge in [0.2, 0.25) is 0 Å². The Balaban J connectivity index is 2.50. The summed E-state index contributed by atoms with van der Waals surface area (Å²) in [6.07, 6.45) is 0. The lowest BCUT2D eigenvalue weighted by Crippen LogP contribution is -2.42. The smallest absolute Gasteiger partial charge is 0.349 e. The van der Waals surface area contributed by atoms with Crippen LogP contribution in [0.1, 0.15) is 31.1 Å².